The molecule has 16 heavy (non-hydrogen) atoms. The van der Waals surface area contributed by atoms with Crippen molar-refractivity contribution < 1.29 is 4.39 Å². The molecule has 0 radical (unpaired) electrons. The van der Waals surface area contributed by atoms with Crippen LogP contribution in [0.5, 0.6) is 0 Å². The Morgan fingerprint density at radius 1 is 1.31 bits per heavy atom. The molecule has 0 unspecified atom stereocenters. The molecule has 1 saturated carbocycles. The van der Waals surface area contributed by atoms with Crippen LogP contribution >= 0.6 is 15.9 Å². The molecule has 0 heterocycles. The number of halogens is 2. The lowest BCUT2D eigenvalue weighted by atomic mass is 9.90. The standard InChI is InChI=1S/C13H15BrFN/c14-13-10(2-1-3-12(13)15)8-9-4-6-11(16)7-5-9/h1-3,8,11H,4-7,16H2. The van der Waals surface area contributed by atoms with E-state index in [0.29, 0.717) is 10.5 Å². The zero-order valence-corrected chi connectivity index (χ0v) is 10.6. The summed E-state index contributed by atoms with van der Waals surface area (Å²) >= 11 is 3.27. The summed E-state index contributed by atoms with van der Waals surface area (Å²) in [6, 6.07) is 5.46. The topological polar surface area (TPSA) is 26.0 Å². The first-order valence-corrected chi connectivity index (χ1v) is 6.35. The lowest BCUT2D eigenvalue weighted by Gasteiger charge is -2.20. The van der Waals surface area contributed by atoms with Gasteiger partial charge in [-0.2, -0.15) is 0 Å². The average molecular weight is 284 g/mol. The van der Waals surface area contributed by atoms with Crippen LogP contribution in [-0.4, -0.2) is 6.04 Å². The van der Waals surface area contributed by atoms with Gasteiger partial charge in [-0.15, -0.1) is 0 Å². The molecule has 2 rings (SSSR count). The molecule has 0 aliphatic heterocycles. The second-order valence-corrected chi connectivity index (χ2v) is 5.08. The van der Waals surface area contributed by atoms with Crippen molar-refractivity contribution in [2.24, 2.45) is 5.73 Å². The van der Waals surface area contributed by atoms with Gasteiger partial charge in [-0.1, -0.05) is 23.8 Å². The van der Waals surface area contributed by atoms with Crippen molar-refractivity contribution in [3.63, 3.8) is 0 Å². The molecule has 1 aliphatic carbocycles. The molecule has 1 fully saturated rings. The fourth-order valence-electron chi connectivity index (χ4n) is 2.01. The zero-order chi connectivity index (χ0) is 11.5. The van der Waals surface area contributed by atoms with Crippen molar-refractivity contribution in [3.05, 3.63) is 39.6 Å². The summed E-state index contributed by atoms with van der Waals surface area (Å²) in [7, 11) is 0. The van der Waals surface area contributed by atoms with Gasteiger partial charge in [-0.3, -0.25) is 0 Å². The van der Waals surface area contributed by atoms with Gasteiger partial charge >= 0.3 is 0 Å². The number of benzene rings is 1. The molecule has 0 amide bonds. The summed E-state index contributed by atoms with van der Waals surface area (Å²) in [6.45, 7) is 0. The molecular weight excluding hydrogens is 269 g/mol. The Kier molecular flexibility index (Phi) is 3.77. The van der Waals surface area contributed by atoms with Gasteiger partial charge in [-0.05, 0) is 53.2 Å². The number of rotatable bonds is 1. The van der Waals surface area contributed by atoms with Crippen LogP contribution in [0.3, 0.4) is 0 Å². The van der Waals surface area contributed by atoms with Gasteiger partial charge in [0.25, 0.3) is 0 Å². The number of allylic oxidation sites excluding steroid dienone is 1. The van der Waals surface area contributed by atoms with E-state index in [9.17, 15) is 4.39 Å². The summed E-state index contributed by atoms with van der Waals surface area (Å²) in [5.74, 6) is -0.207. The predicted octanol–water partition coefficient (Wildman–Crippen LogP) is 3.87. The maximum Gasteiger partial charge on any atom is 0.137 e. The first-order valence-electron chi connectivity index (χ1n) is 5.56. The van der Waals surface area contributed by atoms with Crippen LogP contribution in [0.2, 0.25) is 0 Å². The molecule has 86 valence electrons. The van der Waals surface area contributed by atoms with E-state index in [-0.39, 0.29) is 5.82 Å². The second-order valence-electron chi connectivity index (χ2n) is 4.28. The van der Waals surface area contributed by atoms with Crippen LogP contribution in [0.4, 0.5) is 4.39 Å². The van der Waals surface area contributed by atoms with E-state index in [0.717, 1.165) is 31.2 Å². The molecule has 0 aromatic heterocycles. The molecule has 0 spiro atoms. The minimum Gasteiger partial charge on any atom is -0.328 e. The Bertz CT molecular complexity index is 404. The van der Waals surface area contributed by atoms with E-state index in [1.54, 1.807) is 6.07 Å². The highest BCUT2D eigenvalue weighted by Gasteiger charge is 2.13. The zero-order valence-electron chi connectivity index (χ0n) is 9.05. The van der Waals surface area contributed by atoms with Gasteiger partial charge in [0.2, 0.25) is 0 Å². The molecule has 0 saturated heterocycles. The van der Waals surface area contributed by atoms with Crippen LogP contribution in [0.15, 0.2) is 28.2 Å². The van der Waals surface area contributed by atoms with Crippen LogP contribution in [0.25, 0.3) is 6.08 Å². The highest BCUT2D eigenvalue weighted by molar-refractivity contribution is 9.10. The first-order chi connectivity index (χ1) is 7.66. The Labute approximate surface area is 104 Å². The average Bonchev–Trinajstić information content (AvgIpc) is 2.28. The highest BCUT2D eigenvalue weighted by atomic mass is 79.9. The van der Waals surface area contributed by atoms with E-state index >= 15 is 0 Å². The lowest BCUT2D eigenvalue weighted by Crippen LogP contribution is -2.23. The molecule has 2 N–H and O–H groups in total. The Morgan fingerprint density at radius 2 is 2.00 bits per heavy atom. The van der Waals surface area contributed by atoms with Crippen molar-refractivity contribution in [2.75, 3.05) is 0 Å². The molecular formula is C13H15BrFN. The SMILES string of the molecule is NC1CCC(=Cc2cccc(F)c2Br)CC1. The van der Waals surface area contributed by atoms with Gasteiger partial charge in [-0.25, -0.2) is 4.39 Å². The fraction of sp³-hybridized carbons (Fsp3) is 0.385. The molecule has 1 aromatic carbocycles. The van der Waals surface area contributed by atoms with Crippen molar-refractivity contribution in [3.8, 4) is 0 Å². The molecule has 3 heteroatoms. The first kappa shape index (κ1) is 11.8. The van der Waals surface area contributed by atoms with E-state index in [4.69, 9.17) is 5.73 Å². The van der Waals surface area contributed by atoms with Crippen LogP contribution < -0.4 is 5.73 Å². The third-order valence-corrected chi connectivity index (χ3v) is 3.85. The molecule has 1 aliphatic rings. The smallest absolute Gasteiger partial charge is 0.137 e. The summed E-state index contributed by atoms with van der Waals surface area (Å²) in [5, 5.41) is 0. The summed E-state index contributed by atoms with van der Waals surface area (Å²) in [4.78, 5) is 0. The Balaban J connectivity index is 2.19. The summed E-state index contributed by atoms with van der Waals surface area (Å²) in [6.07, 6.45) is 6.23. The quantitative estimate of drug-likeness (QED) is 0.832. The van der Waals surface area contributed by atoms with Gasteiger partial charge in [0.05, 0.1) is 4.47 Å². The minimum absolute atomic E-state index is 0.207. The Hall–Kier alpha value is -0.670. The lowest BCUT2D eigenvalue weighted by molar-refractivity contribution is 0.514. The number of hydrogen-bond acceptors (Lipinski definition) is 1. The van der Waals surface area contributed by atoms with Gasteiger partial charge < -0.3 is 5.73 Å². The van der Waals surface area contributed by atoms with E-state index < -0.39 is 0 Å². The van der Waals surface area contributed by atoms with E-state index in [1.165, 1.54) is 11.6 Å². The largest absolute Gasteiger partial charge is 0.328 e. The third-order valence-electron chi connectivity index (χ3n) is 3.01. The predicted molar refractivity (Wildman–Crippen MR) is 68.5 cm³/mol. The Morgan fingerprint density at radius 3 is 2.69 bits per heavy atom. The minimum atomic E-state index is -0.207. The van der Waals surface area contributed by atoms with E-state index in [1.807, 2.05) is 6.07 Å². The normalized spacial score (nSPS) is 20.9. The fourth-order valence-corrected chi connectivity index (χ4v) is 2.39. The van der Waals surface area contributed by atoms with Gasteiger partial charge in [0.15, 0.2) is 0 Å². The number of nitrogens with two attached hydrogens (primary N) is 1. The summed E-state index contributed by atoms with van der Waals surface area (Å²) in [5.41, 5.74) is 8.14. The van der Waals surface area contributed by atoms with Gasteiger partial charge in [0.1, 0.15) is 5.82 Å². The van der Waals surface area contributed by atoms with Crippen LogP contribution in [0.1, 0.15) is 31.2 Å². The molecule has 0 atom stereocenters. The monoisotopic (exact) mass is 283 g/mol. The summed E-state index contributed by atoms with van der Waals surface area (Å²) < 4.78 is 13.9. The van der Waals surface area contributed by atoms with Crippen molar-refractivity contribution in [2.45, 2.75) is 31.7 Å². The van der Waals surface area contributed by atoms with Crippen molar-refractivity contribution in [1.29, 1.82) is 0 Å². The number of hydrogen-bond donors (Lipinski definition) is 1. The van der Waals surface area contributed by atoms with Gasteiger partial charge in [0, 0.05) is 6.04 Å². The molecule has 1 aromatic rings. The second kappa shape index (κ2) is 5.11. The molecule has 0 bridgehead atoms. The third kappa shape index (κ3) is 2.71. The maximum absolute atomic E-state index is 13.3. The van der Waals surface area contributed by atoms with E-state index in [2.05, 4.69) is 22.0 Å². The van der Waals surface area contributed by atoms with Crippen LogP contribution in [-0.2, 0) is 0 Å². The van der Waals surface area contributed by atoms with Crippen LogP contribution in [0, 0.1) is 5.82 Å². The molecule has 1 nitrogen and oxygen atoms in total. The van der Waals surface area contributed by atoms with Crippen molar-refractivity contribution >= 4 is 22.0 Å². The van der Waals surface area contributed by atoms with Crippen molar-refractivity contribution in [1.82, 2.24) is 0 Å². The maximum atomic E-state index is 13.3. The highest BCUT2D eigenvalue weighted by Crippen LogP contribution is 2.28.